The van der Waals surface area contributed by atoms with Crippen LogP contribution in [0.15, 0.2) is 0 Å². The van der Waals surface area contributed by atoms with E-state index in [9.17, 15) is 35.1 Å². The van der Waals surface area contributed by atoms with Gasteiger partial charge in [0, 0.05) is 0 Å². The van der Waals surface area contributed by atoms with Crippen LogP contribution in [0.1, 0.15) is 0 Å². The molecule has 0 bridgehead atoms. The zero-order valence-corrected chi connectivity index (χ0v) is 11.1. The Hall–Kier alpha value is -0.600. The molecule has 0 saturated carbocycles. The Morgan fingerprint density at radius 3 is 0.810 bits per heavy atom. The van der Waals surface area contributed by atoms with Gasteiger partial charge in [0.1, 0.15) is 64.6 Å². The van der Waals surface area contributed by atoms with Gasteiger partial charge in [0.25, 0.3) is 0 Å². The van der Waals surface area contributed by atoms with Crippen molar-refractivity contribution < 1.29 is 39.9 Å². The lowest BCUT2D eigenvalue weighted by molar-refractivity contribution is -0.169. The maximum Gasteiger partial charge on any atom is 0.137 e. The van der Waals surface area contributed by atoms with E-state index in [-0.39, 0.29) is 0 Å². The molecule has 0 unspecified atom stereocenters. The van der Waals surface area contributed by atoms with Gasteiger partial charge in [-0.15, -0.1) is 0 Å². The van der Waals surface area contributed by atoms with E-state index in [0.717, 1.165) is 0 Å². The van der Waals surface area contributed by atoms with E-state index < -0.39 is 75.4 Å². The molecule has 9 heteroatoms. The van der Waals surface area contributed by atoms with E-state index in [4.69, 9.17) is 0 Å². The summed E-state index contributed by atoms with van der Waals surface area (Å²) in [5.41, 5.74) is -11.9. The van der Waals surface area contributed by atoms with Gasteiger partial charge in [0.15, 0.2) is 0 Å². The summed E-state index contributed by atoms with van der Waals surface area (Å²) in [4.78, 5) is 0. The summed E-state index contributed by atoms with van der Waals surface area (Å²) < 4.78 is 112. The van der Waals surface area contributed by atoms with Crippen molar-refractivity contribution in [2.45, 2.75) is 11.2 Å². The van der Waals surface area contributed by atoms with Crippen molar-refractivity contribution >= 4 is 0 Å². The largest absolute Gasteiger partial charge is 0.356 e. The molecular formula is C12H16F8O. The molecule has 0 amide bonds. The average molecular weight is 328 g/mol. The van der Waals surface area contributed by atoms with Crippen LogP contribution in [-0.4, -0.2) is 64.6 Å². The second kappa shape index (κ2) is 6.26. The summed E-state index contributed by atoms with van der Waals surface area (Å²) >= 11 is 0. The molecule has 1 aliphatic heterocycles. The number of rotatable bonds is 8. The fraction of sp³-hybridized carbons (Fsp3) is 1.00. The first-order valence-corrected chi connectivity index (χ1v) is 6.12. The predicted molar refractivity (Wildman–Crippen MR) is 59.2 cm³/mol. The van der Waals surface area contributed by atoms with Gasteiger partial charge in [-0.3, -0.25) is 17.6 Å². The fourth-order valence-electron chi connectivity index (χ4n) is 3.20. The van der Waals surface area contributed by atoms with Crippen LogP contribution in [0.4, 0.5) is 35.1 Å². The van der Waals surface area contributed by atoms with Crippen molar-refractivity contribution in [3.8, 4) is 0 Å². The topological polar surface area (TPSA) is 9.23 Å². The zero-order chi connectivity index (χ0) is 16.4. The molecule has 0 aromatic rings. The van der Waals surface area contributed by atoms with Crippen LogP contribution >= 0.6 is 0 Å². The van der Waals surface area contributed by atoms with E-state index >= 15 is 0 Å². The molecule has 0 aromatic carbocycles. The number of ether oxygens (including phenoxy) is 1. The van der Waals surface area contributed by atoms with E-state index in [1.165, 1.54) is 0 Å². The molecule has 1 fully saturated rings. The minimum absolute atomic E-state index is 1.87. The van der Waals surface area contributed by atoms with Crippen molar-refractivity contribution in [2.75, 3.05) is 53.4 Å². The third-order valence-electron chi connectivity index (χ3n) is 4.83. The molecule has 1 saturated heterocycles. The Bertz CT molecular complexity index is 302. The Morgan fingerprint density at radius 2 is 0.667 bits per heavy atom. The molecular weight excluding hydrogens is 312 g/mol. The SMILES string of the molecule is FCC1(CF)OC(CF)(CF)C(CF)(CF)C1(CF)CF. The second-order valence-electron chi connectivity index (χ2n) is 5.32. The Balaban J connectivity index is 3.71. The highest BCUT2D eigenvalue weighted by atomic mass is 19.2. The van der Waals surface area contributed by atoms with Crippen molar-refractivity contribution in [1.29, 1.82) is 0 Å². The van der Waals surface area contributed by atoms with Crippen LogP contribution in [0.2, 0.25) is 0 Å². The van der Waals surface area contributed by atoms with Gasteiger partial charge in [0.2, 0.25) is 0 Å². The van der Waals surface area contributed by atoms with Gasteiger partial charge in [-0.1, -0.05) is 0 Å². The van der Waals surface area contributed by atoms with Crippen LogP contribution in [0.3, 0.4) is 0 Å². The summed E-state index contributed by atoms with van der Waals surface area (Å²) in [5, 5.41) is 0. The molecule has 0 radical (unpaired) electrons. The lowest BCUT2D eigenvalue weighted by Crippen LogP contribution is -2.63. The molecule has 0 aromatic heterocycles. The van der Waals surface area contributed by atoms with Crippen LogP contribution in [0.25, 0.3) is 0 Å². The molecule has 1 nitrogen and oxygen atoms in total. The maximum absolute atomic E-state index is 13.5. The highest BCUT2D eigenvalue weighted by Gasteiger charge is 2.80. The summed E-state index contributed by atoms with van der Waals surface area (Å²) in [6.07, 6.45) is 0. The molecule has 1 rings (SSSR count). The van der Waals surface area contributed by atoms with Gasteiger partial charge in [-0.05, 0) is 0 Å². The summed E-state index contributed by atoms with van der Waals surface area (Å²) in [5.74, 6) is 0. The van der Waals surface area contributed by atoms with E-state index in [1.54, 1.807) is 0 Å². The first kappa shape index (κ1) is 18.4. The Labute approximate surface area is 116 Å². The van der Waals surface area contributed by atoms with Crippen molar-refractivity contribution in [2.24, 2.45) is 10.8 Å². The van der Waals surface area contributed by atoms with Crippen molar-refractivity contribution in [3.05, 3.63) is 0 Å². The lowest BCUT2D eigenvalue weighted by Gasteiger charge is -2.47. The molecule has 0 N–H and O–H groups in total. The van der Waals surface area contributed by atoms with Crippen LogP contribution in [0.5, 0.6) is 0 Å². The van der Waals surface area contributed by atoms with Gasteiger partial charge >= 0.3 is 0 Å². The average Bonchev–Trinajstić information content (AvgIpc) is 2.78. The third-order valence-corrected chi connectivity index (χ3v) is 4.83. The number of hydrogen-bond acceptors (Lipinski definition) is 1. The highest BCUT2D eigenvalue weighted by molar-refractivity contribution is 5.24. The summed E-state index contributed by atoms with van der Waals surface area (Å²) in [6.45, 7) is -15.2. The molecule has 0 aliphatic carbocycles. The summed E-state index contributed by atoms with van der Waals surface area (Å²) in [6, 6.07) is 0. The molecule has 1 aliphatic rings. The second-order valence-corrected chi connectivity index (χ2v) is 5.32. The molecule has 21 heavy (non-hydrogen) atoms. The quantitative estimate of drug-likeness (QED) is 0.622. The molecule has 0 spiro atoms. The van der Waals surface area contributed by atoms with Crippen LogP contribution in [0, 0.1) is 10.8 Å². The molecule has 0 atom stereocenters. The Kier molecular flexibility index (Phi) is 5.50. The molecule has 1 heterocycles. The standard InChI is InChI=1S/C12H16F8O/c13-1-9(2-14)10(3-15,4-16)12(7-19,8-20)21-11(9,5-17)6-18/h1-8H2. The van der Waals surface area contributed by atoms with Gasteiger partial charge in [-0.2, -0.15) is 0 Å². The highest BCUT2D eigenvalue weighted by Crippen LogP contribution is 2.64. The van der Waals surface area contributed by atoms with Gasteiger partial charge < -0.3 is 4.74 Å². The monoisotopic (exact) mass is 328 g/mol. The van der Waals surface area contributed by atoms with E-state index in [2.05, 4.69) is 4.74 Å². The third kappa shape index (κ3) is 1.85. The Morgan fingerprint density at radius 1 is 0.429 bits per heavy atom. The minimum Gasteiger partial charge on any atom is -0.356 e. The van der Waals surface area contributed by atoms with Crippen molar-refractivity contribution in [1.82, 2.24) is 0 Å². The minimum atomic E-state index is -2.99. The van der Waals surface area contributed by atoms with Crippen molar-refractivity contribution in [3.63, 3.8) is 0 Å². The van der Waals surface area contributed by atoms with E-state index in [0.29, 0.717) is 0 Å². The first-order valence-electron chi connectivity index (χ1n) is 6.12. The smallest absolute Gasteiger partial charge is 0.137 e. The van der Waals surface area contributed by atoms with E-state index in [1.807, 2.05) is 0 Å². The maximum atomic E-state index is 13.5. The number of alkyl halides is 8. The fourth-order valence-corrected chi connectivity index (χ4v) is 3.20. The van der Waals surface area contributed by atoms with Crippen LogP contribution in [-0.2, 0) is 4.74 Å². The predicted octanol–water partition coefficient (Wildman–Crippen LogP) is 3.22. The lowest BCUT2D eigenvalue weighted by atomic mass is 9.55. The van der Waals surface area contributed by atoms with Gasteiger partial charge in [-0.25, -0.2) is 17.6 Å². The normalized spacial score (nSPS) is 25.1. The molecule has 126 valence electrons. The zero-order valence-electron chi connectivity index (χ0n) is 11.1. The first-order chi connectivity index (χ1) is 9.94. The van der Waals surface area contributed by atoms with Gasteiger partial charge in [0.05, 0.1) is 10.8 Å². The number of hydrogen-bond donors (Lipinski definition) is 0. The number of halogens is 8. The van der Waals surface area contributed by atoms with Crippen LogP contribution < -0.4 is 0 Å². The summed E-state index contributed by atoms with van der Waals surface area (Å²) in [7, 11) is 0.